The predicted molar refractivity (Wildman–Crippen MR) is 102 cm³/mol. The third kappa shape index (κ3) is 3.26. The fourth-order valence-electron chi connectivity index (χ4n) is 3.65. The van der Waals surface area contributed by atoms with Crippen molar-refractivity contribution in [1.82, 2.24) is 29.6 Å². The minimum atomic E-state index is 0.366. The maximum absolute atomic E-state index is 4.81. The van der Waals surface area contributed by atoms with Crippen LogP contribution in [0.15, 0.2) is 30.5 Å². The molecule has 0 aliphatic carbocycles. The van der Waals surface area contributed by atoms with E-state index < -0.39 is 0 Å². The molecule has 0 unspecified atom stereocenters. The topological polar surface area (TPSA) is 63.0 Å². The third-order valence-electron chi connectivity index (χ3n) is 5.00. The summed E-state index contributed by atoms with van der Waals surface area (Å²) in [7, 11) is 6.17. The number of anilines is 1. The van der Waals surface area contributed by atoms with E-state index in [0.29, 0.717) is 5.92 Å². The molecule has 1 aromatic carbocycles. The molecule has 2 aromatic heterocycles. The highest BCUT2D eigenvalue weighted by atomic mass is 15.3. The Morgan fingerprint density at radius 2 is 1.96 bits per heavy atom. The number of benzene rings is 1. The molecule has 0 saturated carbocycles. The second-order valence-corrected chi connectivity index (χ2v) is 7.27. The number of nitrogens with zero attached hydrogens (tertiary/aromatic N) is 7. The van der Waals surface area contributed by atoms with Crippen LogP contribution in [-0.2, 0) is 13.6 Å². The van der Waals surface area contributed by atoms with Gasteiger partial charge in [0.05, 0.1) is 23.8 Å². The van der Waals surface area contributed by atoms with E-state index in [0.717, 1.165) is 61.0 Å². The van der Waals surface area contributed by atoms with Crippen LogP contribution >= 0.6 is 0 Å². The molecule has 1 aliphatic heterocycles. The zero-order valence-corrected chi connectivity index (χ0v) is 15.6. The first kappa shape index (κ1) is 16.9. The maximum Gasteiger partial charge on any atom is 0.147 e. The molecule has 1 aliphatic rings. The van der Waals surface area contributed by atoms with E-state index in [1.165, 1.54) is 0 Å². The van der Waals surface area contributed by atoms with Crippen molar-refractivity contribution in [1.29, 1.82) is 0 Å². The van der Waals surface area contributed by atoms with Crippen LogP contribution in [-0.4, -0.2) is 56.8 Å². The van der Waals surface area contributed by atoms with E-state index in [9.17, 15) is 0 Å². The average Bonchev–Trinajstić information content (AvgIpc) is 3.01. The second kappa shape index (κ2) is 6.99. The predicted octanol–water partition coefficient (Wildman–Crippen LogP) is 2.20. The van der Waals surface area contributed by atoms with Crippen molar-refractivity contribution in [2.75, 3.05) is 32.1 Å². The highest BCUT2D eigenvalue weighted by molar-refractivity contribution is 5.75. The molecular formula is C19H25N7. The SMILES string of the molecule is CN(C)Cc1nnc([C@H]2CCCN(c3cnc4ccccc4n3)C2)n1C. The molecule has 1 atom stereocenters. The van der Waals surface area contributed by atoms with Crippen LogP contribution in [0.3, 0.4) is 0 Å². The molecule has 3 heterocycles. The monoisotopic (exact) mass is 351 g/mol. The number of hydrogen-bond acceptors (Lipinski definition) is 6. The van der Waals surface area contributed by atoms with E-state index >= 15 is 0 Å². The van der Waals surface area contributed by atoms with Crippen LogP contribution in [0.25, 0.3) is 11.0 Å². The van der Waals surface area contributed by atoms with Crippen LogP contribution in [0.4, 0.5) is 5.82 Å². The van der Waals surface area contributed by atoms with Crippen molar-refractivity contribution in [3.05, 3.63) is 42.1 Å². The summed E-state index contributed by atoms with van der Waals surface area (Å²) in [6.45, 7) is 2.71. The number of para-hydroxylation sites is 2. The Kier molecular flexibility index (Phi) is 4.55. The Hall–Kier alpha value is -2.54. The lowest BCUT2D eigenvalue weighted by Gasteiger charge is -2.33. The van der Waals surface area contributed by atoms with Crippen molar-refractivity contribution in [2.45, 2.75) is 25.3 Å². The fraction of sp³-hybridized carbons (Fsp3) is 0.474. The molecule has 1 fully saturated rings. The summed E-state index contributed by atoms with van der Waals surface area (Å²) in [6.07, 6.45) is 4.14. The lowest BCUT2D eigenvalue weighted by molar-refractivity contribution is 0.382. The van der Waals surface area contributed by atoms with Gasteiger partial charge in [0.1, 0.15) is 17.5 Å². The number of aromatic nitrogens is 5. The minimum absolute atomic E-state index is 0.366. The van der Waals surface area contributed by atoms with E-state index in [1.807, 2.05) is 30.5 Å². The van der Waals surface area contributed by atoms with Gasteiger partial charge in [-0.1, -0.05) is 12.1 Å². The molecule has 136 valence electrons. The van der Waals surface area contributed by atoms with Gasteiger partial charge in [0.2, 0.25) is 0 Å². The normalized spacial score (nSPS) is 18.0. The zero-order chi connectivity index (χ0) is 18.1. The molecule has 0 amide bonds. The number of hydrogen-bond donors (Lipinski definition) is 0. The fourth-order valence-corrected chi connectivity index (χ4v) is 3.65. The van der Waals surface area contributed by atoms with E-state index in [-0.39, 0.29) is 0 Å². The van der Waals surface area contributed by atoms with Gasteiger partial charge in [-0.15, -0.1) is 10.2 Å². The van der Waals surface area contributed by atoms with E-state index in [1.54, 1.807) is 0 Å². The highest BCUT2D eigenvalue weighted by Gasteiger charge is 2.27. The van der Waals surface area contributed by atoms with Gasteiger partial charge in [0, 0.05) is 26.1 Å². The smallest absolute Gasteiger partial charge is 0.147 e. The maximum atomic E-state index is 4.81. The van der Waals surface area contributed by atoms with Gasteiger partial charge in [-0.05, 0) is 39.1 Å². The van der Waals surface area contributed by atoms with Crippen molar-refractivity contribution in [2.24, 2.45) is 7.05 Å². The summed E-state index contributed by atoms with van der Waals surface area (Å²) in [6, 6.07) is 8.01. The summed E-state index contributed by atoms with van der Waals surface area (Å²) in [4.78, 5) is 13.8. The largest absolute Gasteiger partial charge is 0.355 e. The summed E-state index contributed by atoms with van der Waals surface area (Å²) >= 11 is 0. The molecule has 7 heteroatoms. The molecular weight excluding hydrogens is 326 g/mol. The molecule has 3 aromatic rings. The molecule has 1 saturated heterocycles. The summed E-state index contributed by atoms with van der Waals surface area (Å²) < 4.78 is 2.15. The van der Waals surface area contributed by atoms with Gasteiger partial charge in [-0.25, -0.2) is 4.98 Å². The van der Waals surface area contributed by atoms with Gasteiger partial charge in [0.15, 0.2) is 0 Å². The Morgan fingerprint density at radius 1 is 1.15 bits per heavy atom. The Morgan fingerprint density at radius 3 is 2.77 bits per heavy atom. The van der Waals surface area contributed by atoms with Crippen molar-refractivity contribution in [3.63, 3.8) is 0 Å². The van der Waals surface area contributed by atoms with Crippen molar-refractivity contribution < 1.29 is 0 Å². The van der Waals surface area contributed by atoms with Gasteiger partial charge in [-0.3, -0.25) is 4.98 Å². The van der Waals surface area contributed by atoms with Gasteiger partial charge in [0.25, 0.3) is 0 Å². The Labute approximate surface area is 153 Å². The Bertz CT molecular complexity index is 902. The lowest BCUT2D eigenvalue weighted by Crippen LogP contribution is -2.36. The number of piperidine rings is 1. The zero-order valence-electron chi connectivity index (χ0n) is 15.6. The van der Waals surface area contributed by atoms with Gasteiger partial charge >= 0.3 is 0 Å². The summed E-state index contributed by atoms with van der Waals surface area (Å²) in [5.41, 5.74) is 1.88. The van der Waals surface area contributed by atoms with Crippen LogP contribution < -0.4 is 4.90 Å². The molecule has 4 rings (SSSR count). The Balaban J connectivity index is 1.56. The molecule has 0 N–H and O–H groups in total. The molecule has 0 spiro atoms. The molecule has 26 heavy (non-hydrogen) atoms. The van der Waals surface area contributed by atoms with Gasteiger partial charge < -0.3 is 14.4 Å². The molecule has 0 radical (unpaired) electrons. The highest BCUT2D eigenvalue weighted by Crippen LogP contribution is 2.28. The number of fused-ring (bicyclic) bond motifs is 1. The first-order chi connectivity index (χ1) is 12.6. The van der Waals surface area contributed by atoms with Crippen LogP contribution in [0.1, 0.15) is 30.4 Å². The summed E-state index contributed by atoms with van der Waals surface area (Å²) in [5, 5.41) is 8.89. The van der Waals surface area contributed by atoms with Crippen LogP contribution in [0, 0.1) is 0 Å². The molecule has 0 bridgehead atoms. The quantitative estimate of drug-likeness (QED) is 0.718. The van der Waals surface area contributed by atoms with Crippen molar-refractivity contribution in [3.8, 4) is 0 Å². The molecule has 7 nitrogen and oxygen atoms in total. The first-order valence-corrected chi connectivity index (χ1v) is 9.11. The van der Waals surface area contributed by atoms with E-state index in [2.05, 4.69) is 50.7 Å². The average molecular weight is 351 g/mol. The minimum Gasteiger partial charge on any atom is -0.355 e. The van der Waals surface area contributed by atoms with Crippen LogP contribution in [0.2, 0.25) is 0 Å². The van der Waals surface area contributed by atoms with E-state index in [4.69, 9.17) is 4.98 Å². The van der Waals surface area contributed by atoms with Crippen molar-refractivity contribution >= 4 is 16.9 Å². The third-order valence-corrected chi connectivity index (χ3v) is 5.00. The first-order valence-electron chi connectivity index (χ1n) is 9.11. The standard InChI is InChI=1S/C19H25N7/c1-24(2)13-18-22-23-19(25(18)3)14-7-6-10-26(12-14)17-11-20-15-8-4-5-9-16(15)21-17/h4-5,8-9,11,14H,6-7,10,12-13H2,1-3H3/t14-/m0/s1. The number of rotatable bonds is 4. The van der Waals surface area contributed by atoms with Gasteiger partial charge in [-0.2, -0.15) is 0 Å². The summed E-state index contributed by atoms with van der Waals surface area (Å²) in [5.74, 6) is 3.39. The van der Waals surface area contributed by atoms with Crippen LogP contribution in [0.5, 0.6) is 0 Å². The lowest BCUT2D eigenvalue weighted by atomic mass is 9.97. The second-order valence-electron chi connectivity index (χ2n) is 7.27.